The molecule has 0 aliphatic carbocycles. The first-order chi connectivity index (χ1) is 12.4. The molecule has 0 saturated carbocycles. The number of nitrogens with zero attached hydrogens (tertiary/aromatic N) is 2. The van der Waals surface area contributed by atoms with E-state index in [4.69, 9.17) is 23.2 Å². The van der Waals surface area contributed by atoms with Crippen LogP contribution in [0.15, 0.2) is 42.5 Å². The Kier molecular flexibility index (Phi) is 5.54. The summed E-state index contributed by atoms with van der Waals surface area (Å²) in [5.74, 6) is -0.341. The molecule has 1 heterocycles. The van der Waals surface area contributed by atoms with Gasteiger partial charge in [0.15, 0.2) is 0 Å². The van der Waals surface area contributed by atoms with Gasteiger partial charge < -0.3 is 9.80 Å². The molecule has 1 atom stereocenters. The molecule has 2 aromatic rings. The Bertz CT molecular complexity index is 853. The molecule has 1 aliphatic heterocycles. The van der Waals surface area contributed by atoms with Gasteiger partial charge in [-0.05, 0) is 43.2 Å². The second-order valence-corrected chi connectivity index (χ2v) is 7.11. The van der Waals surface area contributed by atoms with Crippen molar-refractivity contribution in [1.82, 2.24) is 4.90 Å². The fourth-order valence-electron chi connectivity index (χ4n) is 3.28. The summed E-state index contributed by atoms with van der Waals surface area (Å²) in [5, 5.41) is 0.762. The molecule has 0 N–H and O–H groups in total. The minimum Gasteiger partial charge on any atom is -0.325 e. The number of hydrogen-bond acceptors (Lipinski definition) is 2. The topological polar surface area (TPSA) is 40.6 Å². The third-order valence-electron chi connectivity index (χ3n) is 4.74. The van der Waals surface area contributed by atoms with Crippen LogP contribution in [0.1, 0.15) is 29.8 Å². The largest absolute Gasteiger partial charge is 0.325 e. The van der Waals surface area contributed by atoms with E-state index in [1.165, 1.54) is 6.07 Å². The van der Waals surface area contributed by atoms with Crippen LogP contribution >= 0.6 is 23.2 Å². The number of anilines is 1. The lowest BCUT2D eigenvalue weighted by Gasteiger charge is -2.39. The monoisotopic (exact) mass is 390 g/mol. The van der Waals surface area contributed by atoms with Gasteiger partial charge in [0, 0.05) is 23.8 Å². The van der Waals surface area contributed by atoms with Crippen molar-refractivity contribution in [1.29, 1.82) is 0 Å². The molecule has 1 fully saturated rings. The highest BCUT2D eigenvalue weighted by Gasteiger charge is 2.36. The molecule has 1 aliphatic rings. The van der Waals surface area contributed by atoms with E-state index >= 15 is 0 Å². The van der Waals surface area contributed by atoms with E-state index in [9.17, 15) is 9.59 Å². The van der Waals surface area contributed by atoms with Crippen LogP contribution in [-0.4, -0.2) is 35.8 Å². The Balaban J connectivity index is 1.85. The first-order valence-electron chi connectivity index (χ1n) is 8.59. The predicted molar refractivity (Wildman–Crippen MR) is 105 cm³/mol. The van der Waals surface area contributed by atoms with Gasteiger partial charge in [0.25, 0.3) is 5.91 Å². The Labute approximate surface area is 163 Å². The molecule has 2 amide bonds. The van der Waals surface area contributed by atoms with Crippen molar-refractivity contribution in [2.24, 2.45) is 0 Å². The van der Waals surface area contributed by atoms with Gasteiger partial charge in [0.2, 0.25) is 5.91 Å². The van der Waals surface area contributed by atoms with Crippen LogP contribution in [0.4, 0.5) is 5.69 Å². The smallest absolute Gasteiger partial charge is 0.256 e. The van der Waals surface area contributed by atoms with Crippen molar-refractivity contribution in [3.8, 4) is 0 Å². The van der Waals surface area contributed by atoms with Crippen LogP contribution < -0.4 is 4.90 Å². The Morgan fingerprint density at radius 2 is 1.88 bits per heavy atom. The third kappa shape index (κ3) is 3.44. The molecule has 0 aromatic heterocycles. The van der Waals surface area contributed by atoms with Crippen LogP contribution in [0, 0.1) is 0 Å². The number of halogens is 2. The normalized spacial score (nSPS) is 17.5. The molecule has 136 valence electrons. The first kappa shape index (κ1) is 18.7. The van der Waals surface area contributed by atoms with Gasteiger partial charge in [0.05, 0.1) is 10.6 Å². The van der Waals surface area contributed by atoms with Gasteiger partial charge >= 0.3 is 0 Å². The van der Waals surface area contributed by atoms with Crippen LogP contribution in [0.2, 0.25) is 10.0 Å². The van der Waals surface area contributed by atoms with E-state index in [0.717, 1.165) is 17.7 Å². The van der Waals surface area contributed by atoms with Gasteiger partial charge in [-0.3, -0.25) is 9.59 Å². The van der Waals surface area contributed by atoms with Crippen LogP contribution in [-0.2, 0) is 11.2 Å². The SMILES string of the molecule is CCc1ccccc1N1CCN(C(=O)c2ccc(Cl)cc2Cl)[C@@H](C)C1=O. The molecular weight excluding hydrogens is 371 g/mol. The number of benzene rings is 2. The second kappa shape index (κ2) is 7.68. The molecule has 2 aromatic carbocycles. The van der Waals surface area contributed by atoms with Crippen molar-refractivity contribution in [3.05, 3.63) is 63.6 Å². The lowest BCUT2D eigenvalue weighted by atomic mass is 10.1. The maximum absolute atomic E-state index is 13.0. The average Bonchev–Trinajstić information content (AvgIpc) is 2.63. The number of amides is 2. The fourth-order valence-corrected chi connectivity index (χ4v) is 3.77. The predicted octanol–water partition coefficient (Wildman–Crippen LogP) is 4.43. The quantitative estimate of drug-likeness (QED) is 0.777. The van der Waals surface area contributed by atoms with Gasteiger partial charge in [-0.15, -0.1) is 0 Å². The van der Waals surface area contributed by atoms with Crippen molar-refractivity contribution >= 4 is 40.7 Å². The van der Waals surface area contributed by atoms with Gasteiger partial charge in [0.1, 0.15) is 6.04 Å². The highest BCUT2D eigenvalue weighted by molar-refractivity contribution is 6.36. The Hall–Kier alpha value is -2.04. The maximum Gasteiger partial charge on any atom is 0.256 e. The van der Waals surface area contributed by atoms with E-state index < -0.39 is 6.04 Å². The van der Waals surface area contributed by atoms with E-state index in [1.54, 1.807) is 28.9 Å². The zero-order valence-corrected chi connectivity index (χ0v) is 16.2. The van der Waals surface area contributed by atoms with Crippen molar-refractivity contribution in [2.45, 2.75) is 26.3 Å². The molecule has 3 rings (SSSR count). The summed E-state index contributed by atoms with van der Waals surface area (Å²) in [6, 6.07) is 12.1. The molecule has 0 spiro atoms. The minimum absolute atomic E-state index is 0.0874. The zero-order valence-electron chi connectivity index (χ0n) is 14.7. The summed E-state index contributed by atoms with van der Waals surface area (Å²) in [4.78, 5) is 29.2. The van der Waals surface area contributed by atoms with Crippen molar-refractivity contribution in [3.63, 3.8) is 0 Å². The molecular formula is C20H20Cl2N2O2. The first-order valence-corrected chi connectivity index (χ1v) is 9.35. The minimum atomic E-state index is -0.562. The molecule has 6 heteroatoms. The van der Waals surface area contributed by atoms with E-state index in [2.05, 4.69) is 6.92 Å². The highest BCUT2D eigenvalue weighted by Crippen LogP contribution is 2.27. The fraction of sp³-hybridized carbons (Fsp3) is 0.300. The molecule has 0 unspecified atom stereocenters. The highest BCUT2D eigenvalue weighted by atomic mass is 35.5. The zero-order chi connectivity index (χ0) is 18.8. The summed E-state index contributed by atoms with van der Waals surface area (Å²) in [6.07, 6.45) is 0.845. The Morgan fingerprint density at radius 1 is 1.15 bits per heavy atom. The van der Waals surface area contributed by atoms with E-state index in [1.807, 2.05) is 24.3 Å². The third-order valence-corrected chi connectivity index (χ3v) is 5.29. The van der Waals surface area contributed by atoms with Crippen molar-refractivity contribution in [2.75, 3.05) is 18.0 Å². The lowest BCUT2D eigenvalue weighted by molar-refractivity contribution is -0.124. The summed E-state index contributed by atoms with van der Waals surface area (Å²) in [6.45, 7) is 4.72. The number of para-hydroxylation sites is 1. The number of carbonyl (C=O) groups is 2. The van der Waals surface area contributed by atoms with Gasteiger partial charge in [-0.2, -0.15) is 0 Å². The lowest BCUT2D eigenvalue weighted by Crippen LogP contribution is -2.58. The molecule has 4 nitrogen and oxygen atoms in total. The van der Waals surface area contributed by atoms with Crippen LogP contribution in [0.3, 0.4) is 0 Å². The summed E-state index contributed by atoms with van der Waals surface area (Å²) in [7, 11) is 0. The molecule has 0 bridgehead atoms. The van der Waals surface area contributed by atoms with E-state index in [-0.39, 0.29) is 11.8 Å². The molecule has 1 saturated heterocycles. The summed E-state index contributed by atoms with van der Waals surface area (Å²) in [5.41, 5.74) is 2.40. The average molecular weight is 391 g/mol. The van der Waals surface area contributed by atoms with Crippen molar-refractivity contribution < 1.29 is 9.59 Å². The van der Waals surface area contributed by atoms with Crippen LogP contribution in [0.5, 0.6) is 0 Å². The summed E-state index contributed by atoms with van der Waals surface area (Å²) < 4.78 is 0. The standard InChI is InChI=1S/C20H20Cl2N2O2/c1-3-14-6-4-5-7-18(14)24-11-10-23(13(2)19(24)25)20(26)16-9-8-15(21)12-17(16)22/h4-9,12-13H,3,10-11H2,1-2H3/t13-/m0/s1. The Morgan fingerprint density at radius 3 is 2.58 bits per heavy atom. The number of hydrogen-bond donors (Lipinski definition) is 0. The summed E-state index contributed by atoms with van der Waals surface area (Å²) >= 11 is 12.1. The van der Waals surface area contributed by atoms with E-state index in [0.29, 0.717) is 28.7 Å². The van der Waals surface area contributed by atoms with Gasteiger partial charge in [-0.1, -0.05) is 48.3 Å². The number of carbonyl (C=O) groups excluding carboxylic acids is 2. The van der Waals surface area contributed by atoms with Crippen LogP contribution in [0.25, 0.3) is 0 Å². The number of piperazine rings is 1. The number of aryl methyl sites for hydroxylation is 1. The van der Waals surface area contributed by atoms with Gasteiger partial charge in [-0.25, -0.2) is 0 Å². The molecule has 26 heavy (non-hydrogen) atoms. The molecule has 0 radical (unpaired) electrons. The maximum atomic E-state index is 13.0. The second-order valence-electron chi connectivity index (χ2n) is 6.27. The number of rotatable bonds is 3.